The van der Waals surface area contributed by atoms with Crippen LogP contribution in [-0.2, 0) is 20.3 Å². The van der Waals surface area contributed by atoms with Crippen LogP contribution < -0.4 is 20.5 Å². The molecule has 0 aliphatic rings. The first kappa shape index (κ1) is 28.6. The van der Waals surface area contributed by atoms with E-state index in [0.29, 0.717) is 18.8 Å². The van der Waals surface area contributed by atoms with Crippen LogP contribution in [0.5, 0.6) is 11.5 Å². The van der Waals surface area contributed by atoms with Gasteiger partial charge in [-0.15, -0.1) is 0 Å². The Bertz CT molecular complexity index is 1640. The number of fused-ring (bicyclic) bond motifs is 1. The first-order chi connectivity index (χ1) is 18.8. The number of hydrogen-bond donors (Lipinski definition) is 2. The Morgan fingerprint density at radius 1 is 1.20 bits per heavy atom. The lowest BCUT2D eigenvalue weighted by Crippen LogP contribution is -2.36. The van der Waals surface area contributed by atoms with E-state index in [9.17, 15) is 27.9 Å². The van der Waals surface area contributed by atoms with Gasteiger partial charge in [0.15, 0.2) is 11.4 Å². The number of aromatic nitrogens is 5. The SMILES string of the molecule is CN(C)CCN(C(=O)O)c1cc(Oc2cnc3nc(Nc4cc(C(F)(F)F)cn(C)c4=O)n(C)c3c2Cl)ccn1. The van der Waals surface area contributed by atoms with Crippen LogP contribution in [0.15, 0.2) is 41.6 Å². The Kier molecular flexibility index (Phi) is 7.88. The van der Waals surface area contributed by atoms with Crippen molar-refractivity contribution >= 4 is 46.3 Å². The summed E-state index contributed by atoms with van der Waals surface area (Å²) in [5, 5.41) is 12.3. The smallest absolute Gasteiger partial charge is 0.417 e. The second kappa shape index (κ2) is 11.0. The van der Waals surface area contributed by atoms with Crippen molar-refractivity contribution < 1.29 is 27.8 Å². The maximum absolute atomic E-state index is 13.3. The molecule has 0 fully saturated rings. The van der Waals surface area contributed by atoms with Gasteiger partial charge in [0.1, 0.15) is 27.8 Å². The van der Waals surface area contributed by atoms with Crippen molar-refractivity contribution in [3.05, 3.63) is 57.7 Å². The number of pyridine rings is 3. The minimum atomic E-state index is -4.66. The molecule has 0 unspecified atom stereocenters. The quantitative estimate of drug-likeness (QED) is 0.313. The van der Waals surface area contributed by atoms with Crippen LogP contribution in [0.3, 0.4) is 0 Å². The van der Waals surface area contributed by atoms with E-state index >= 15 is 0 Å². The van der Waals surface area contributed by atoms with E-state index in [1.807, 2.05) is 19.0 Å². The molecule has 4 aromatic rings. The number of rotatable bonds is 8. The predicted molar refractivity (Wildman–Crippen MR) is 142 cm³/mol. The number of ether oxygens (including phenoxy) is 1. The summed E-state index contributed by atoms with van der Waals surface area (Å²) >= 11 is 6.60. The van der Waals surface area contributed by atoms with Crippen LogP contribution in [0, 0.1) is 0 Å². The second-order valence-corrected chi connectivity index (χ2v) is 9.35. The molecule has 0 aliphatic heterocycles. The van der Waals surface area contributed by atoms with Gasteiger partial charge in [0, 0.05) is 45.6 Å². The third kappa shape index (κ3) is 5.94. The number of amides is 1. The molecule has 16 heteroatoms. The number of carbonyl (C=O) groups is 1. The minimum Gasteiger partial charge on any atom is -0.465 e. The number of nitrogens with zero attached hydrogens (tertiary/aromatic N) is 7. The summed E-state index contributed by atoms with van der Waals surface area (Å²) < 4.78 is 48.0. The number of imidazole rings is 1. The Morgan fingerprint density at radius 3 is 2.58 bits per heavy atom. The van der Waals surface area contributed by atoms with Crippen molar-refractivity contribution in [1.82, 2.24) is 29.0 Å². The summed E-state index contributed by atoms with van der Waals surface area (Å²) in [6.45, 7) is 0.641. The highest BCUT2D eigenvalue weighted by molar-refractivity contribution is 6.36. The van der Waals surface area contributed by atoms with Gasteiger partial charge in [0.05, 0.1) is 11.8 Å². The zero-order valence-electron chi connectivity index (χ0n) is 21.7. The monoisotopic (exact) mass is 580 g/mol. The molecule has 0 saturated heterocycles. The summed E-state index contributed by atoms with van der Waals surface area (Å²) in [5.41, 5.74) is -1.63. The van der Waals surface area contributed by atoms with Crippen LogP contribution in [0.4, 0.5) is 35.4 Å². The van der Waals surface area contributed by atoms with E-state index in [2.05, 4.69) is 20.3 Å². The average molecular weight is 581 g/mol. The van der Waals surface area contributed by atoms with Gasteiger partial charge in [-0.25, -0.2) is 14.8 Å². The minimum absolute atomic E-state index is 0.0159. The lowest BCUT2D eigenvalue weighted by molar-refractivity contribution is -0.138. The van der Waals surface area contributed by atoms with Gasteiger partial charge in [-0.3, -0.25) is 9.69 Å². The van der Waals surface area contributed by atoms with Crippen molar-refractivity contribution in [2.45, 2.75) is 6.18 Å². The molecule has 0 spiro atoms. The first-order valence-electron chi connectivity index (χ1n) is 11.6. The molecular weight excluding hydrogens is 557 g/mol. The molecule has 0 aliphatic carbocycles. The molecule has 12 nitrogen and oxygen atoms in total. The molecule has 40 heavy (non-hydrogen) atoms. The highest BCUT2D eigenvalue weighted by atomic mass is 35.5. The summed E-state index contributed by atoms with van der Waals surface area (Å²) in [6.07, 6.45) is -2.46. The topological polar surface area (TPSA) is 131 Å². The van der Waals surface area contributed by atoms with Crippen LogP contribution >= 0.6 is 11.6 Å². The van der Waals surface area contributed by atoms with E-state index in [1.165, 1.54) is 43.2 Å². The number of likely N-dealkylation sites (N-methyl/N-ethyl adjacent to an activating group) is 1. The van der Waals surface area contributed by atoms with Crippen molar-refractivity contribution in [3.63, 3.8) is 0 Å². The van der Waals surface area contributed by atoms with E-state index in [1.54, 1.807) is 0 Å². The van der Waals surface area contributed by atoms with Gasteiger partial charge in [-0.1, -0.05) is 11.6 Å². The van der Waals surface area contributed by atoms with Crippen molar-refractivity contribution in [2.75, 3.05) is 37.4 Å². The highest BCUT2D eigenvalue weighted by Crippen LogP contribution is 2.36. The van der Waals surface area contributed by atoms with E-state index in [0.717, 1.165) is 9.47 Å². The number of anilines is 3. The molecule has 1 amide bonds. The highest BCUT2D eigenvalue weighted by Gasteiger charge is 2.32. The summed E-state index contributed by atoms with van der Waals surface area (Å²) in [4.78, 5) is 39.8. The molecule has 0 saturated carbocycles. The molecule has 2 N–H and O–H groups in total. The maximum Gasteiger partial charge on any atom is 0.417 e. The zero-order chi connectivity index (χ0) is 29.4. The third-order valence-electron chi connectivity index (χ3n) is 5.79. The molecule has 0 radical (unpaired) electrons. The van der Waals surface area contributed by atoms with Crippen LogP contribution in [-0.4, -0.2) is 67.4 Å². The van der Waals surface area contributed by atoms with Gasteiger partial charge >= 0.3 is 12.3 Å². The van der Waals surface area contributed by atoms with Gasteiger partial charge in [-0.2, -0.15) is 18.2 Å². The fraction of sp³-hybridized carbons (Fsp3) is 0.292. The van der Waals surface area contributed by atoms with Crippen LogP contribution in [0.1, 0.15) is 5.56 Å². The number of hydrogen-bond acceptors (Lipinski definition) is 8. The normalized spacial score (nSPS) is 11.7. The first-order valence-corrected chi connectivity index (χ1v) is 12.0. The standard InChI is InChI=1S/C24H24ClF3N8O4/c1-33(2)7-8-36(23(38)39)17-10-14(5-6-29-17)40-16-11-30-20-19(18(16)25)35(4)22(32-20)31-15-9-13(24(26,27)28)12-34(3)21(15)37/h5-6,9-12H,7-8H2,1-4H3,(H,38,39)(H,30,31,32). The van der Waals surface area contributed by atoms with E-state index < -0.39 is 23.4 Å². The predicted octanol–water partition coefficient (Wildman–Crippen LogP) is 4.32. The second-order valence-electron chi connectivity index (χ2n) is 8.97. The molecular formula is C24H24ClF3N8O4. The fourth-order valence-corrected chi connectivity index (χ4v) is 4.02. The summed E-state index contributed by atoms with van der Waals surface area (Å²) in [7, 11) is 6.38. The number of halogens is 4. The van der Waals surface area contributed by atoms with Crippen LogP contribution in [0.25, 0.3) is 11.2 Å². The Balaban J connectivity index is 1.66. The Hall–Kier alpha value is -4.37. The molecule has 0 aromatic carbocycles. The number of aryl methyl sites for hydroxylation is 2. The third-order valence-corrected chi connectivity index (χ3v) is 6.15. The summed E-state index contributed by atoms with van der Waals surface area (Å²) in [6, 6.07) is 3.64. The lowest BCUT2D eigenvalue weighted by atomic mass is 10.2. The summed E-state index contributed by atoms with van der Waals surface area (Å²) in [5.74, 6) is 0.497. The van der Waals surface area contributed by atoms with Gasteiger partial charge in [-0.05, 0) is 26.2 Å². The van der Waals surface area contributed by atoms with Crippen molar-refractivity contribution in [2.24, 2.45) is 14.1 Å². The van der Waals surface area contributed by atoms with E-state index in [-0.39, 0.29) is 51.7 Å². The molecule has 4 heterocycles. The van der Waals surface area contributed by atoms with Gasteiger partial charge in [0.2, 0.25) is 5.95 Å². The fourth-order valence-electron chi connectivity index (χ4n) is 3.72. The number of carboxylic acid groups (broad SMARTS) is 1. The number of nitrogens with one attached hydrogen (secondary N) is 1. The maximum atomic E-state index is 13.3. The Morgan fingerprint density at radius 2 is 1.93 bits per heavy atom. The largest absolute Gasteiger partial charge is 0.465 e. The van der Waals surface area contributed by atoms with Crippen LogP contribution in [0.2, 0.25) is 5.02 Å². The van der Waals surface area contributed by atoms with E-state index in [4.69, 9.17) is 16.3 Å². The lowest BCUT2D eigenvalue weighted by Gasteiger charge is -2.20. The molecule has 212 valence electrons. The molecule has 4 rings (SSSR count). The molecule has 4 aromatic heterocycles. The van der Waals surface area contributed by atoms with Gasteiger partial charge in [0.25, 0.3) is 5.56 Å². The van der Waals surface area contributed by atoms with Crippen molar-refractivity contribution in [1.29, 1.82) is 0 Å². The molecule has 0 atom stereocenters. The molecule has 0 bridgehead atoms. The average Bonchev–Trinajstić information content (AvgIpc) is 3.18. The zero-order valence-corrected chi connectivity index (χ0v) is 22.4. The number of alkyl halides is 3. The van der Waals surface area contributed by atoms with Gasteiger partial charge < -0.3 is 29.2 Å². The Labute approximate surface area is 230 Å². The van der Waals surface area contributed by atoms with Crippen molar-refractivity contribution in [3.8, 4) is 11.5 Å².